The Morgan fingerprint density at radius 3 is 2.48 bits per heavy atom. The first-order valence-corrected chi connectivity index (χ1v) is 7.41. The number of guanidine groups is 1. The highest BCUT2D eigenvalue weighted by Gasteiger charge is 2.26. The van der Waals surface area contributed by atoms with E-state index in [2.05, 4.69) is 21.7 Å². The average Bonchev–Trinajstić information content (AvgIpc) is 2.52. The number of hydrogen-bond acceptors (Lipinski definition) is 1. The number of alkyl halides is 3. The van der Waals surface area contributed by atoms with Crippen LogP contribution >= 0.6 is 0 Å². The molecule has 0 radical (unpaired) electrons. The van der Waals surface area contributed by atoms with Crippen molar-refractivity contribution in [2.75, 3.05) is 13.6 Å². The predicted molar refractivity (Wildman–Crippen MR) is 87.5 cm³/mol. The van der Waals surface area contributed by atoms with Gasteiger partial charge in [-0.3, -0.25) is 4.99 Å². The molecule has 0 aromatic heterocycles. The summed E-state index contributed by atoms with van der Waals surface area (Å²) >= 11 is 0. The van der Waals surface area contributed by atoms with Crippen molar-refractivity contribution >= 4 is 16.7 Å². The van der Waals surface area contributed by atoms with E-state index < -0.39 is 12.6 Å². The van der Waals surface area contributed by atoms with Crippen LogP contribution in [0.25, 0.3) is 10.8 Å². The minimum absolute atomic E-state index is 0.0725. The molecular formula is C17H20F3N3. The molecule has 0 fully saturated rings. The smallest absolute Gasteiger partial charge is 0.356 e. The molecule has 3 nitrogen and oxygen atoms in total. The summed E-state index contributed by atoms with van der Waals surface area (Å²) in [6.07, 6.45) is -5.06. The van der Waals surface area contributed by atoms with Gasteiger partial charge in [0.1, 0.15) is 0 Å². The maximum atomic E-state index is 12.2. The number of rotatable bonds is 4. The third-order valence-electron chi connectivity index (χ3n) is 3.55. The zero-order chi connectivity index (χ0) is 16.9. The zero-order valence-corrected chi connectivity index (χ0v) is 13.1. The van der Waals surface area contributed by atoms with E-state index in [1.165, 1.54) is 7.05 Å². The van der Waals surface area contributed by atoms with Crippen LogP contribution in [-0.4, -0.2) is 25.7 Å². The molecule has 0 bridgehead atoms. The molecule has 0 amide bonds. The highest BCUT2D eigenvalue weighted by atomic mass is 19.4. The summed E-state index contributed by atoms with van der Waals surface area (Å²) in [5.74, 6) is 0.356. The van der Waals surface area contributed by atoms with Gasteiger partial charge in [-0.1, -0.05) is 36.4 Å². The SMILES string of the molecule is CN=C(NCCC(F)(F)F)NC(C)c1ccc2ccccc2c1. The zero-order valence-electron chi connectivity index (χ0n) is 13.1. The van der Waals surface area contributed by atoms with Crippen LogP contribution < -0.4 is 10.6 Å². The fourth-order valence-corrected chi connectivity index (χ4v) is 2.28. The molecule has 2 aromatic carbocycles. The first-order valence-electron chi connectivity index (χ1n) is 7.41. The van der Waals surface area contributed by atoms with E-state index in [1.807, 2.05) is 43.3 Å². The van der Waals surface area contributed by atoms with Gasteiger partial charge in [-0.15, -0.1) is 0 Å². The fraction of sp³-hybridized carbons (Fsp3) is 0.353. The van der Waals surface area contributed by atoms with Crippen molar-refractivity contribution in [3.63, 3.8) is 0 Å². The molecule has 2 rings (SSSR count). The van der Waals surface area contributed by atoms with Gasteiger partial charge in [-0.05, 0) is 29.3 Å². The fourth-order valence-electron chi connectivity index (χ4n) is 2.28. The second kappa shape index (κ2) is 7.35. The molecule has 23 heavy (non-hydrogen) atoms. The van der Waals surface area contributed by atoms with E-state index in [0.717, 1.165) is 16.3 Å². The second-order valence-electron chi connectivity index (χ2n) is 5.34. The van der Waals surface area contributed by atoms with E-state index in [0.29, 0.717) is 5.96 Å². The topological polar surface area (TPSA) is 36.4 Å². The molecule has 0 aliphatic carbocycles. The van der Waals surface area contributed by atoms with Crippen LogP contribution in [0.4, 0.5) is 13.2 Å². The standard InChI is InChI=1S/C17H20F3N3/c1-12(23-16(21-2)22-10-9-17(18,19)20)14-8-7-13-5-3-4-6-15(13)11-14/h3-8,11-12H,9-10H2,1-2H3,(H2,21,22,23). The lowest BCUT2D eigenvalue weighted by Gasteiger charge is -2.19. The molecule has 0 saturated heterocycles. The minimum atomic E-state index is -4.17. The van der Waals surface area contributed by atoms with Crippen LogP contribution in [-0.2, 0) is 0 Å². The van der Waals surface area contributed by atoms with Crippen molar-refractivity contribution in [3.05, 3.63) is 48.0 Å². The lowest BCUT2D eigenvalue weighted by Crippen LogP contribution is -2.40. The molecule has 2 N–H and O–H groups in total. The number of hydrogen-bond donors (Lipinski definition) is 2. The van der Waals surface area contributed by atoms with Crippen LogP contribution in [0.2, 0.25) is 0 Å². The van der Waals surface area contributed by atoms with Crippen LogP contribution in [0, 0.1) is 0 Å². The molecule has 0 spiro atoms. The largest absolute Gasteiger partial charge is 0.390 e. The Morgan fingerprint density at radius 2 is 1.83 bits per heavy atom. The molecular weight excluding hydrogens is 303 g/mol. The summed E-state index contributed by atoms with van der Waals surface area (Å²) < 4.78 is 36.6. The summed E-state index contributed by atoms with van der Waals surface area (Å²) in [7, 11) is 1.54. The molecule has 1 atom stereocenters. The normalized spacial score (nSPS) is 13.9. The lowest BCUT2D eigenvalue weighted by atomic mass is 10.0. The molecule has 1 unspecified atom stereocenters. The highest BCUT2D eigenvalue weighted by molar-refractivity contribution is 5.84. The molecule has 2 aromatic rings. The first kappa shape index (κ1) is 17.1. The van der Waals surface area contributed by atoms with Gasteiger partial charge in [0.15, 0.2) is 5.96 Å². The van der Waals surface area contributed by atoms with Gasteiger partial charge in [0, 0.05) is 13.6 Å². The minimum Gasteiger partial charge on any atom is -0.356 e. The summed E-state index contributed by atoms with van der Waals surface area (Å²) in [6, 6.07) is 14.0. The van der Waals surface area contributed by atoms with E-state index >= 15 is 0 Å². The molecule has 0 saturated carbocycles. The maximum Gasteiger partial charge on any atom is 0.390 e. The van der Waals surface area contributed by atoms with Crippen molar-refractivity contribution in [2.24, 2.45) is 4.99 Å². The van der Waals surface area contributed by atoms with Crippen LogP contribution in [0.3, 0.4) is 0 Å². The van der Waals surface area contributed by atoms with Crippen LogP contribution in [0.15, 0.2) is 47.5 Å². The molecule has 0 aliphatic heterocycles. The molecule has 0 heterocycles. The summed E-state index contributed by atoms with van der Waals surface area (Å²) in [5, 5.41) is 8.06. The number of halogens is 3. The van der Waals surface area contributed by atoms with Crippen LogP contribution in [0.1, 0.15) is 24.9 Å². The van der Waals surface area contributed by atoms with Crippen molar-refractivity contribution in [1.82, 2.24) is 10.6 Å². The van der Waals surface area contributed by atoms with Crippen molar-refractivity contribution in [2.45, 2.75) is 25.6 Å². The number of nitrogens with zero attached hydrogens (tertiary/aromatic N) is 1. The highest BCUT2D eigenvalue weighted by Crippen LogP contribution is 2.20. The van der Waals surface area contributed by atoms with Gasteiger partial charge in [-0.25, -0.2) is 0 Å². The Balaban J connectivity index is 1.99. The Bertz CT molecular complexity index is 680. The number of fused-ring (bicyclic) bond motifs is 1. The third kappa shape index (κ3) is 5.16. The summed E-state index contributed by atoms with van der Waals surface area (Å²) in [5.41, 5.74) is 1.04. The lowest BCUT2D eigenvalue weighted by molar-refractivity contribution is -0.132. The van der Waals surface area contributed by atoms with Crippen molar-refractivity contribution < 1.29 is 13.2 Å². The van der Waals surface area contributed by atoms with E-state index in [4.69, 9.17) is 0 Å². The Labute approximate surface area is 133 Å². The monoisotopic (exact) mass is 323 g/mol. The van der Waals surface area contributed by atoms with Gasteiger partial charge in [0.2, 0.25) is 0 Å². The Hall–Kier alpha value is -2.24. The van der Waals surface area contributed by atoms with Crippen LogP contribution in [0.5, 0.6) is 0 Å². The van der Waals surface area contributed by atoms with Gasteiger partial charge >= 0.3 is 6.18 Å². The summed E-state index contributed by atoms with van der Waals surface area (Å²) in [4.78, 5) is 3.96. The van der Waals surface area contributed by atoms with Crippen molar-refractivity contribution in [3.8, 4) is 0 Å². The van der Waals surface area contributed by atoms with E-state index in [9.17, 15) is 13.2 Å². The maximum absolute atomic E-state index is 12.2. The van der Waals surface area contributed by atoms with Gasteiger partial charge in [0.05, 0.1) is 12.5 Å². The van der Waals surface area contributed by atoms with E-state index in [1.54, 1.807) is 0 Å². The second-order valence-corrected chi connectivity index (χ2v) is 5.34. The quantitative estimate of drug-likeness (QED) is 0.659. The van der Waals surface area contributed by atoms with Gasteiger partial charge in [-0.2, -0.15) is 13.2 Å². The van der Waals surface area contributed by atoms with Gasteiger partial charge in [0.25, 0.3) is 0 Å². The first-order chi connectivity index (χ1) is 10.9. The Morgan fingerprint density at radius 1 is 1.13 bits per heavy atom. The Kier molecular flexibility index (Phi) is 5.47. The average molecular weight is 323 g/mol. The molecule has 124 valence electrons. The number of benzene rings is 2. The third-order valence-corrected chi connectivity index (χ3v) is 3.55. The van der Waals surface area contributed by atoms with E-state index in [-0.39, 0.29) is 12.6 Å². The van der Waals surface area contributed by atoms with Crippen molar-refractivity contribution in [1.29, 1.82) is 0 Å². The summed E-state index contributed by atoms with van der Waals surface area (Å²) in [6.45, 7) is 1.74. The van der Waals surface area contributed by atoms with Gasteiger partial charge < -0.3 is 10.6 Å². The number of aliphatic imine (C=N–C) groups is 1. The predicted octanol–water partition coefficient (Wildman–Crippen LogP) is 4.02. The molecule has 0 aliphatic rings. The number of nitrogens with one attached hydrogen (secondary N) is 2. The molecule has 6 heteroatoms.